The molecule has 3 aromatic rings. The number of carbonyl (C=O) groups excluding carboxylic acids is 1. The van der Waals surface area contributed by atoms with Crippen LogP contribution in [0.15, 0.2) is 47.6 Å². The Morgan fingerprint density at radius 1 is 1.16 bits per heavy atom. The third-order valence-electron chi connectivity index (χ3n) is 4.58. The van der Waals surface area contributed by atoms with Crippen LogP contribution in [-0.2, 0) is 17.9 Å². The number of nitrogens with one attached hydrogen (secondary N) is 1. The standard InChI is InChI=1S/C22H24Cl2N4O2S/c1-4-28-19(12-30-16-10-8-15(9-11-16)14(2)3)26-27-22(28)31-13-20(29)25-18-7-5-6-17(23)21(18)24/h5-11,14H,4,12-13H2,1-3H3,(H,25,29). The molecular weight excluding hydrogens is 455 g/mol. The van der Waals surface area contributed by atoms with Crippen LogP contribution < -0.4 is 10.1 Å². The van der Waals surface area contributed by atoms with Crippen molar-refractivity contribution in [1.82, 2.24) is 14.8 Å². The van der Waals surface area contributed by atoms with Crippen molar-refractivity contribution in [3.63, 3.8) is 0 Å². The number of rotatable bonds is 9. The minimum Gasteiger partial charge on any atom is -0.486 e. The topological polar surface area (TPSA) is 69.0 Å². The highest BCUT2D eigenvalue weighted by Crippen LogP contribution is 2.30. The van der Waals surface area contributed by atoms with Crippen LogP contribution in [0.25, 0.3) is 0 Å². The quantitative estimate of drug-likeness (QED) is 0.379. The Balaban J connectivity index is 1.58. The van der Waals surface area contributed by atoms with Gasteiger partial charge in [-0.05, 0) is 42.7 Å². The van der Waals surface area contributed by atoms with E-state index in [-0.39, 0.29) is 11.7 Å². The fourth-order valence-electron chi connectivity index (χ4n) is 2.86. The summed E-state index contributed by atoms with van der Waals surface area (Å²) in [5.74, 6) is 1.92. The molecule has 3 rings (SSSR count). The van der Waals surface area contributed by atoms with Crippen LogP contribution in [0.5, 0.6) is 5.75 Å². The van der Waals surface area contributed by atoms with Crippen molar-refractivity contribution in [3.05, 3.63) is 63.9 Å². The van der Waals surface area contributed by atoms with Gasteiger partial charge in [0.2, 0.25) is 5.91 Å². The highest BCUT2D eigenvalue weighted by Gasteiger charge is 2.15. The van der Waals surface area contributed by atoms with Gasteiger partial charge in [-0.2, -0.15) is 0 Å². The average molecular weight is 479 g/mol. The van der Waals surface area contributed by atoms with Gasteiger partial charge in [0.05, 0.1) is 21.5 Å². The zero-order valence-corrected chi connectivity index (χ0v) is 19.9. The third kappa shape index (κ3) is 6.15. The molecule has 6 nitrogen and oxygen atoms in total. The highest BCUT2D eigenvalue weighted by molar-refractivity contribution is 7.99. The minimum absolute atomic E-state index is 0.165. The second kappa shape index (κ2) is 10.9. The number of thioether (sulfide) groups is 1. The zero-order valence-electron chi connectivity index (χ0n) is 17.6. The van der Waals surface area contributed by atoms with Gasteiger partial charge in [0.15, 0.2) is 11.0 Å². The molecule has 0 bridgehead atoms. The predicted molar refractivity (Wildman–Crippen MR) is 126 cm³/mol. The first-order valence-electron chi connectivity index (χ1n) is 9.90. The number of ether oxygens (including phenoxy) is 1. The van der Waals surface area contributed by atoms with Crippen molar-refractivity contribution in [2.75, 3.05) is 11.1 Å². The molecule has 164 valence electrons. The van der Waals surface area contributed by atoms with Gasteiger partial charge in [-0.15, -0.1) is 10.2 Å². The van der Waals surface area contributed by atoms with E-state index >= 15 is 0 Å². The summed E-state index contributed by atoms with van der Waals surface area (Å²) in [6.45, 7) is 7.28. The van der Waals surface area contributed by atoms with Crippen LogP contribution in [0.3, 0.4) is 0 Å². The Labute approximate surface area is 196 Å². The van der Waals surface area contributed by atoms with Crippen molar-refractivity contribution < 1.29 is 9.53 Å². The summed E-state index contributed by atoms with van der Waals surface area (Å²) in [5, 5.41) is 12.6. The molecule has 0 atom stereocenters. The summed E-state index contributed by atoms with van der Waals surface area (Å²) in [7, 11) is 0. The van der Waals surface area contributed by atoms with E-state index in [4.69, 9.17) is 27.9 Å². The fraction of sp³-hybridized carbons (Fsp3) is 0.318. The lowest BCUT2D eigenvalue weighted by molar-refractivity contribution is -0.113. The zero-order chi connectivity index (χ0) is 22.4. The van der Waals surface area contributed by atoms with Crippen molar-refractivity contribution in [2.45, 2.75) is 45.0 Å². The molecule has 9 heteroatoms. The average Bonchev–Trinajstić information content (AvgIpc) is 3.16. The van der Waals surface area contributed by atoms with Gasteiger partial charge in [-0.25, -0.2) is 0 Å². The van der Waals surface area contributed by atoms with Crippen molar-refractivity contribution in [3.8, 4) is 5.75 Å². The Bertz CT molecular complexity index is 1040. The van der Waals surface area contributed by atoms with Crippen LogP contribution in [0.1, 0.15) is 38.1 Å². The molecule has 1 aromatic heterocycles. The van der Waals surface area contributed by atoms with Gasteiger partial charge in [0.25, 0.3) is 0 Å². The molecule has 0 radical (unpaired) electrons. The maximum Gasteiger partial charge on any atom is 0.234 e. The molecule has 1 N–H and O–H groups in total. The summed E-state index contributed by atoms with van der Waals surface area (Å²) >= 11 is 13.4. The van der Waals surface area contributed by atoms with E-state index in [1.165, 1.54) is 17.3 Å². The second-order valence-electron chi connectivity index (χ2n) is 7.09. The summed E-state index contributed by atoms with van der Waals surface area (Å²) < 4.78 is 7.81. The molecule has 0 aliphatic rings. The second-order valence-corrected chi connectivity index (χ2v) is 8.82. The lowest BCUT2D eigenvalue weighted by Gasteiger charge is -2.10. The first kappa shape index (κ1) is 23.4. The Hall–Kier alpha value is -2.22. The van der Waals surface area contributed by atoms with Crippen LogP contribution in [-0.4, -0.2) is 26.4 Å². The number of hydrogen-bond donors (Lipinski definition) is 1. The van der Waals surface area contributed by atoms with Gasteiger partial charge >= 0.3 is 0 Å². The molecule has 0 aliphatic heterocycles. The Kier molecular flexibility index (Phi) is 8.23. The van der Waals surface area contributed by atoms with Crippen LogP contribution in [0, 0.1) is 0 Å². The van der Waals surface area contributed by atoms with E-state index in [1.54, 1.807) is 18.2 Å². The van der Waals surface area contributed by atoms with E-state index in [0.29, 0.717) is 45.8 Å². The maximum atomic E-state index is 12.3. The number of anilines is 1. The van der Waals surface area contributed by atoms with E-state index in [0.717, 1.165) is 5.75 Å². The largest absolute Gasteiger partial charge is 0.486 e. The lowest BCUT2D eigenvalue weighted by atomic mass is 10.0. The number of hydrogen-bond acceptors (Lipinski definition) is 5. The number of carbonyl (C=O) groups is 1. The molecule has 0 saturated heterocycles. The van der Waals surface area contributed by atoms with Gasteiger partial charge < -0.3 is 14.6 Å². The molecule has 0 saturated carbocycles. The Morgan fingerprint density at radius 2 is 1.90 bits per heavy atom. The number of nitrogens with zero attached hydrogens (tertiary/aromatic N) is 3. The lowest BCUT2D eigenvalue weighted by Crippen LogP contribution is -2.15. The first-order chi connectivity index (χ1) is 14.9. The normalized spacial score (nSPS) is 11.0. The van der Waals surface area contributed by atoms with Crippen LogP contribution >= 0.6 is 35.0 Å². The molecule has 0 aliphatic carbocycles. The molecule has 0 spiro atoms. The molecule has 0 unspecified atom stereocenters. The summed E-state index contributed by atoms with van der Waals surface area (Å²) in [4.78, 5) is 12.3. The summed E-state index contributed by atoms with van der Waals surface area (Å²) in [6.07, 6.45) is 0. The minimum atomic E-state index is -0.206. The summed E-state index contributed by atoms with van der Waals surface area (Å²) in [6, 6.07) is 13.2. The van der Waals surface area contributed by atoms with Gasteiger partial charge in [0, 0.05) is 6.54 Å². The molecule has 0 fully saturated rings. The number of benzene rings is 2. The molecular formula is C22H24Cl2N4O2S. The maximum absolute atomic E-state index is 12.3. The van der Waals surface area contributed by atoms with E-state index < -0.39 is 0 Å². The monoisotopic (exact) mass is 478 g/mol. The molecule has 31 heavy (non-hydrogen) atoms. The van der Waals surface area contributed by atoms with E-state index in [9.17, 15) is 4.79 Å². The molecule has 1 heterocycles. The van der Waals surface area contributed by atoms with Gasteiger partial charge in [-0.1, -0.05) is 67.0 Å². The summed E-state index contributed by atoms with van der Waals surface area (Å²) in [5.41, 5.74) is 1.74. The first-order valence-corrected chi connectivity index (χ1v) is 11.6. The van der Waals surface area contributed by atoms with E-state index in [1.807, 2.05) is 23.6 Å². The predicted octanol–water partition coefficient (Wildman–Crippen LogP) is 6.04. The van der Waals surface area contributed by atoms with Crippen LogP contribution in [0.2, 0.25) is 10.0 Å². The van der Waals surface area contributed by atoms with E-state index in [2.05, 4.69) is 41.5 Å². The van der Waals surface area contributed by atoms with Gasteiger partial charge in [0.1, 0.15) is 12.4 Å². The van der Waals surface area contributed by atoms with Crippen LogP contribution in [0.4, 0.5) is 5.69 Å². The van der Waals surface area contributed by atoms with Crippen molar-refractivity contribution in [2.24, 2.45) is 0 Å². The van der Waals surface area contributed by atoms with Crippen molar-refractivity contribution in [1.29, 1.82) is 0 Å². The molecule has 1 amide bonds. The van der Waals surface area contributed by atoms with Crippen molar-refractivity contribution >= 4 is 46.6 Å². The third-order valence-corrected chi connectivity index (χ3v) is 6.37. The molecule has 2 aromatic carbocycles. The Morgan fingerprint density at radius 3 is 2.58 bits per heavy atom. The SMILES string of the molecule is CCn1c(COc2ccc(C(C)C)cc2)nnc1SCC(=O)Nc1cccc(Cl)c1Cl. The van der Waals surface area contributed by atoms with Gasteiger partial charge in [-0.3, -0.25) is 4.79 Å². The fourth-order valence-corrected chi connectivity index (χ4v) is 4.03. The highest BCUT2D eigenvalue weighted by atomic mass is 35.5. The number of aromatic nitrogens is 3. The smallest absolute Gasteiger partial charge is 0.234 e. The number of halogens is 2. The number of amides is 1.